The van der Waals surface area contributed by atoms with Crippen LogP contribution in [0.2, 0.25) is 0 Å². The molecule has 2 aromatic rings. The van der Waals surface area contributed by atoms with E-state index >= 15 is 0 Å². The van der Waals surface area contributed by atoms with Crippen LogP contribution in [0.15, 0.2) is 58.3 Å². The molecule has 0 radical (unpaired) electrons. The minimum Gasteiger partial charge on any atom is -0.492 e. The molecule has 0 aromatic heterocycles. The molecule has 34 heavy (non-hydrogen) atoms. The van der Waals surface area contributed by atoms with Crippen LogP contribution in [-0.4, -0.2) is 53.0 Å². The summed E-state index contributed by atoms with van der Waals surface area (Å²) in [5.74, 6) is 0.0311. The molecule has 0 spiro atoms. The molecule has 7 nitrogen and oxygen atoms in total. The molecular formula is C25H34N2O5S2. The normalized spacial score (nSPS) is 14.2. The van der Waals surface area contributed by atoms with E-state index in [0.29, 0.717) is 43.7 Å². The molecule has 3 rings (SSSR count). The molecule has 1 N–H and O–H groups in total. The van der Waals surface area contributed by atoms with Crippen molar-refractivity contribution >= 4 is 33.4 Å². The summed E-state index contributed by atoms with van der Waals surface area (Å²) in [5, 5.41) is 2.83. The Kier molecular flexibility index (Phi) is 10.1. The lowest BCUT2D eigenvalue weighted by Gasteiger charge is -2.26. The Morgan fingerprint density at radius 3 is 2.50 bits per heavy atom. The molecule has 1 aliphatic carbocycles. The quantitative estimate of drug-likeness (QED) is 0.319. The summed E-state index contributed by atoms with van der Waals surface area (Å²) in [5.41, 5.74) is 0.331. The second-order valence-corrected chi connectivity index (χ2v) is 10.8. The zero-order chi connectivity index (χ0) is 24.4. The number of thioether (sulfide) groups is 1. The fourth-order valence-electron chi connectivity index (χ4n) is 3.91. The molecule has 1 fully saturated rings. The Morgan fingerprint density at radius 2 is 1.82 bits per heavy atom. The van der Waals surface area contributed by atoms with E-state index in [9.17, 15) is 13.2 Å². The van der Waals surface area contributed by atoms with Gasteiger partial charge >= 0.3 is 0 Å². The van der Waals surface area contributed by atoms with Crippen molar-refractivity contribution in [1.29, 1.82) is 0 Å². The molecule has 1 saturated carbocycles. The molecule has 1 aliphatic rings. The number of rotatable bonds is 13. The van der Waals surface area contributed by atoms with Gasteiger partial charge in [0.05, 0.1) is 23.3 Å². The molecule has 9 heteroatoms. The Labute approximate surface area is 207 Å². The van der Waals surface area contributed by atoms with Crippen molar-refractivity contribution in [3.8, 4) is 5.75 Å². The van der Waals surface area contributed by atoms with Crippen LogP contribution in [0.1, 0.15) is 39.0 Å². The first-order valence-corrected chi connectivity index (χ1v) is 14.4. The maximum atomic E-state index is 13.6. The maximum absolute atomic E-state index is 13.6. The molecule has 0 unspecified atom stereocenters. The number of amides is 1. The van der Waals surface area contributed by atoms with Crippen LogP contribution >= 0.6 is 11.8 Å². The fourth-order valence-corrected chi connectivity index (χ4v) is 5.75. The van der Waals surface area contributed by atoms with Crippen molar-refractivity contribution < 1.29 is 22.7 Å². The van der Waals surface area contributed by atoms with Gasteiger partial charge in [-0.1, -0.05) is 25.0 Å². The van der Waals surface area contributed by atoms with Gasteiger partial charge in [-0.3, -0.25) is 9.10 Å². The number of para-hydroxylation sites is 2. The van der Waals surface area contributed by atoms with Gasteiger partial charge in [-0.15, -0.1) is 11.8 Å². The average Bonchev–Trinajstić information content (AvgIpc) is 3.36. The third-order valence-electron chi connectivity index (χ3n) is 5.67. The van der Waals surface area contributed by atoms with Gasteiger partial charge in [-0.2, -0.15) is 0 Å². The van der Waals surface area contributed by atoms with E-state index in [1.807, 2.05) is 13.2 Å². The highest BCUT2D eigenvalue weighted by molar-refractivity contribution is 7.98. The zero-order valence-corrected chi connectivity index (χ0v) is 21.5. The molecule has 0 bridgehead atoms. The van der Waals surface area contributed by atoms with Gasteiger partial charge in [0, 0.05) is 18.0 Å². The van der Waals surface area contributed by atoms with Crippen LogP contribution in [0.3, 0.4) is 0 Å². The van der Waals surface area contributed by atoms with E-state index in [0.717, 1.165) is 22.0 Å². The number of sulfonamides is 1. The van der Waals surface area contributed by atoms with Crippen LogP contribution in [0.25, 0.3) is 0 Å². The molecule has 1 amide bonds. The first-order valence-electron chi connectivity index (χ1n) is 11.7. The number of ether oxygens (including phenoxy) is 2. The van der Waals surface area contributed by atoms with Crippen LogP contribution in [-0.2, 0) is 19.6 Å². The highest BCUT2D eigenvalue weighted by Gasteiger charge is 2.29. The van der Waals surface area contributed by atoms with E-state index in [-0.39, 0.29) is 17.3 Å². The van der Waals surface area contributed by atoms with Gasteiger partial charge < -0.3 is 14.8 Å². The Balaban J connectivity index is 1.73. The van der Waals surface area contributed by atoms with E-state index in [1.165, 1.54) is 24.6 Å². The number of nitrogens with one attached hydrogen (secondary N) is 1. The van der Waals surface area contributed by atoms with Crippen molar-refractivity contribution in [3.63, 3.8) is 0 Å². The maximum Gasteiger partial charge on any atom is 0.264 e. The number of carbonyl (C=O) groups excluding carboxylic acids is 1. The zero-order valence-electron chi connectivity index (χ0n) is 19.9. The summed E-state index contributed by atoms with van der Waals surface area (Å²) in [4.78, 5) is 13.9. The largest absolute Gasteiger partial charge is 0.492 e. The number of hydrogen-bond acceptors (Lipinski definition) is 6. The van der Waals surface area contributed by atoms with E-state index in [2.05, 4.69) is 5.32 Å². The Hall–Kier alpha value is -2.23. The SMILES string of the molecule is CCOc1ccccc1N(CC(=O)NCCCOC1CCCC1)S(=O)(=O)c1ccc(SC)cc1. The van der Waals surface area contributed by atoms with Crippen molar-refractivity contribution in [2.45, 2.75) is 54.9 Å². The fraction of sp³-hybridized carbons (Fsp3) is 0.480. The van der Waals surface area contributed by atoms with Gasteiger partial charge in [0.2, 0.25) is 5.91 Å². The number of benzene rings is 2. The number of anilines is 1. The van der Waals surface area contributed by atoms with Gasteiger partial charge in [0.25, 0.3) is 10.0 Å². The van der Waals surface area contributed by atoms with Gasteiger partial charge in [-0.25, -0.2) is 8.42 Å². The smallest absolute Gasteiger partial charge is 0.264 e. The van der Waals surface area contributed by atoms with Crippen LogP contribution in [0.4, 0.5) is 5.69 Å². The summed E-state index contributed by atoms with van der Waals surface area (Å²) < 4.78 is 39.8. The van der Waals surface area contributed by atoms with Crippen LogP contribution in [0.5, 0.6) is 5.75 Å². The second kappa shape index (κ2) is 13.0. The highest BCUT2D eigenvalue weighted by Crippen LogP contribution is 2.33. The minimum absolute atomic E-state index is 0.120. The Morgan fingerprint density at radius 1 is 1.12 bits per heavy atom. The summed E-state index contributed by atoms with van der Waals surface area (Å²) >= 11 is 1.53. The first-order chi connectivity index (χ1) is 16.5. The van der Waals surface area contributed by atoms with E-state index in [4.69, 9.17) is 9.47 Å². The van der Waals surface area contributed by atoms with E-state index in [1.54, 1.807) is 48.5 Å². The van der Waals surface area contributed by atoms with Gasteiger partial charge in [-0.05, 0) is 68.8 Å². The number of nitrogens with zero attached hydrogens (tertiary/aromatic N) is 1. The van der Waals surface area contributed by atoms with Crippen LogP contribution < -0.4 is 14.4 Å². The molecule has 0 heterocycles. The molecule has 0 aliphatic heterocycles. The summed E-state index contributed by atoms with van der Waals surface area (Å²) in [7, 11) is -4.00. The number of hydrogen-bond donors (Lipinski definition) is 1. The Bertz CT molecular complexity index is 1020. The van der Waals surface area contributed by atoms with Gasteiger partial charge in [0.1, 0.15) is 12.3 Å². The van der Waals surface area contributed by atoms with Gasteiger partial charge in [0.15, 0.2) is 0 Å². The third-order valence-corrected chi connectivity index (χ3v) is 8.18. The second-order valence-electron chi connectivity index (χ2n) is 8.07. The monoisotopic (exact) mass is 506 g/mol. The van der Waals surface area contributed by atoms with Crippen LogP contribution in [0, 0.1) is 0 Å². The summed E-state index contributed by atoms with van der Waals surface area (Å²) in [6, 6.07) is 13.5. The standard InChI is InChI=1S/C25H34N2O5S2/c1-3-31-24-12-7-6-11-23(24)27(34(29,30)22-15-13-21(33-2)14-16-22)19-25(28)26-17-8-18-32-20-9-4-5-10-20/h6-7,11-16,20H,3-5,8-10,17-19H2,1-2H3,(H,26,28). The van der Waals surface area contributed by atoms with Crippen molar-refractivity contribution in [1.82, 2.24) is 5.32 Å². The highest BCUT2D eigenvalue weighted by atomic mass is 32.2. The summed E-state index contributed by atoms with van der Waals surface area (Å²) in [6.07, 6.45) is 7.60. The minimum atomic E-state index is -4.00. The van der Waals surface area contributed by atoms with Crippen molar-refractivity contribution in [2.24, 2.45) is 0 Å². The lowest BCUT2D eigenvalue weighted by Crippen LogP contribution is -2.41. The molecule has 0 atom stereocenters. The third kappa shape index (κ3) is 7.13. The lowest BCUT2D eigenvalue weighted by molar-refractivity contribution is -0.119. The summed E-state index contributed by atoms with van der Waals surface area (Å²) in [6.45, 7) is 2.87. The van der Waals surface area contributed by atoms with Crippen molar-refractivity contribution in [2.75, 3.05) is 36.9 Å². The molecule has 186 valence electrons. The average molecular weight is 507 g/mol. The topological polar surface area (TPSA) is 84.9 Å². The lowest BCUT2D eigenvalue weighted by atomic mass is 10.3. The molecule has 0 saturated heterocycles. The molecular weight excluding hydrogens is 472 g/mol. The van der Waals surface area contributed by atoms with E-state index < -0.39 is 10.0 Å². The first kappa shape index (κ1) is 26.4. The van der Waals surface area contributed by atoms with Crippen molar-refractivity contribution in [3.05, 3.63) is 48.5 Å². The predicted molar refractivity (Wildman–Crippen MR) is 136 cm³/mol. The molecule has 2 aromatic carbocycles. The number of carbonyl (C=O) groups is 1. The predicted octanol–water partition coefficient (Wildman–Crippen LogP) is 4.47.